The van der Waals surface area contributed by atoms with E-state index in [1.54, 1.807) is 26.4 Å². The van der Waals surface area contributed by atoms with Crippen LogP contribution in [0.15, 0.2) is 42.5 Å². The third-order valence-corrected chi connectivity index (χ3v) is 3.85. The Bertz CT molecular complexity index is 679. The van der Waals surface area contributed by atoms with E-state index in [0.717, 1.165) is 25.0 Å². The summed E-state index contributed by atoms with van der Waals surface area (Å²) in [5.74, 6) is 2.82. The number of amidine groups is 1. The largest absolute Gasteiger partial charge is 0.494 e. The van der Waals surface area contributed by atoms with Gasteiger partial charge in [-0.25, -0.2) is 0 Å². The first-order chi connectivity index (χ1) is 12.7. The highest BCUT2D eigenvalue weighted by atomic mass is 16.5. The maximum absolute atomic E-state index is 7.36. The van der Waals surface area contributed by atoms with Crippen LogP contribution in [0.3, 0.4) is 0 Å². The van der Waals surface area contributed by atoms with Crippen LogP contribution in [-0.4, -0.2) is 33.3 Å². The molecule has 2 aromatic carbocycles. The van der Waals surface area contributed by atoms with Crippen LogP contribution < -0.4 is 24.7 Å². The lowest BCUT2D eigenvalue weighted by Gasteiger charge is -2.14. The van der Waals surface area contributed by atoms with Crippen LogP contribution in [-0.2, 0) is 0 Å². The average molecular weight is 358 g/mol. The number of nitrogen functional groups attached to an aromatic ring is 1. The van der Waals surface area contributed by atoms with Crippen molar-refractivity contribution in [1.82, 2.24) is 0 Å². The Hall–Kier alpha value is -2.89. The molecule has 0 atom stereocenters. The molecule has 0 saturated carbocycles. The first kappa shape index (κ1) is 19.4. The average Bonchev–Trinajstić information content (AvgIpc) is 2.67. The molecule has 0 unspecified atom stereocenters. The zero-order valence-corrected chi connectivity index (χ0v) is 15.3. The Morgan fingerprint density at radius 1 is 0.846 bits per heavy atom. The molecule has 0 aliphatic carbocycles. The summed E-state index contributed by atoms with van der Waals surface area (Å²) in [7, 11) is 3.23. The van der Waals surface area contributed by atoms with Gasteiger partial charge in [0.25, 0.3) is 0 Å². The van der Waals surface area contributed by atoms with Crippen LogP contribution in [0.2, 0.25) is 0 Å². The van der Waals surface area contributed by atoms with E-state index in [-0.39, 0.29) is 5.84 Å². The predicted molar refractivity (Wildman–Crippen MR) is 102 cm³/mol. The molecule has 26 heavy (non-hydrogen) atoms. The van der Waals surface area contributed by atoms with Crippen LogP contribution in [0.4, 0.5) is 0 Å². The van der Waals surface area contributed by atoms with Gasteiger partial charge in [0.2, 0.25) is 5.75 Å². The maximum atomic E-state index is 7.36. The third kappa shape index (κ3) is 5.58. The topological polar surface area (TPSA) is 86.8 Å². The normalized spacial score (nSPS) is 10.2. The van der Waals surface area contributed by atoms with Crippen LogP contribution in [0.25, 0.3) is 0 Å². The summed E-state index contributed by atoms with van der Waals surface area (Å²) in [5, 5.41) is 7.36. The van der Waals surface area contributed by atoms with E-state index in [0.29, 0.717) is 36.0 Å². The van der Waals surface area contributed by atoms with Crippen molar-refractivity contribution in [1.29, 1.82) is 5.41 Å². The number of hydrogen-bond donors (Lipinski definition) is 2. The van der Waals surface area contributed by atoms with Gasteiger partial charge < -0.3 is 24.7 Å². The Morgan fingerprint density at radius 3 is 1.96 bits per heavy atom. The van der Waals surface area contributed by atoms with E-state index in [2.05, 4.69) is 0 Å². The Morgan fingerprint density at radius 2 is 1.42 bits per heavy atom. The zero-order valence-electron chi connectivity index (χ0n) is 15.3. The van der Waals surface area contributed by atoms with Crippen molar-refractivity contribution in [3.63, 3.8) is 0 Å². The van der Waals surface area contributed by atoms with Crippen molar-refractivity contribution in [3.05, 3.63) is 48.0 Å². The standard InChI is InChI=1S/C20H26N2O4/c1-23-17-7-6-8-18(24-2)19(17)26-14-5-3-4-13-25-16-11-9-15(10-12-16)20(21)22/h6-12H,3-5,13-14H2,1-2H3,(H3,21,22). The fourth-order valence-corrected chi connectivity index (χ4v) is 2.44. The van der Waals surface area contributed by atoms with Crippen molar-refractivity contribution in [2.24, 2.45) is 5.73 Å². The molecule has 0 spiro atoms. The fraction of sp³-hybridized carbons (Fsp3) is 0.350. The van der Waals surface area contributed by atoms with Gasteiger partial charge in [0, 0.05) is 5.56 Å². The summed E-state index contributed by atoms with van der Waals surface area (Å²) in [6.45, 7) is 1.22. The number of ether oxygens (including phenoxy) is 4. The van der Waals surface area contributed by atoms with Gasteiger partial charge in [-0.15, -0.1) is 0 Å². The molecule has 0 fully saturated rings. The molecule has 0 aliphatic heterocycles. The van der Waals surface area contributed by atoms with Crippen LogP contribution in [0.5, 0.6) is 23.0 Å². The smallest absolute Gasteiger partial charge is 0.203 e. The Balaban J connectivity index is 1.66. The van der Waals surface area contributed by atoms with Crippen molar-refractivity contribution in [2.45, 2.75) is 19.3 Å². The molecule has 0 radical (unpaired) electrons. The number of nitrogens with one attached hydrogen (secondary N) is 1. The van der Waals surface area contributed by atoms with E-state index in [9.17, 15) is 0 Å². The first-order valence-electron chi connectivity index (χ1n) is 8.56. The number of rotatable bonds is 11. The van der Waals surface area contributed by atoms with Gasteiger partial charge in [0.15, 0.2) is 11.5 Å². The lowest BCUT2D eigenvalue weighted by molar-refractivity contribution is 0.258. The minimum Gasteiger partial charge on any atom is -0.494 e. The highest BCUT2D eigenvalue weighted by Gasteiger charge is 2.10. The summed E-state index contributed by atoms with van der Waals surface area (Å²) in [6.07, 6.45) is 2.83. The van der Waals surface area contributed by atoms with Gasteiger partial charge in [0.1, 0.15) is 11.6 Å². The molecule has 0 heterocycles. The summed E-state index contributed by atoms with van der Waals surface area (Å²) in [4.78, 5) is 0. The molecular formula is C20H26N2O4. The number of methoxy groups -OCH3 is 2. The van der Waals surface area contributed by atoms with Gasteiger partial charge in [-0.1, -0.05) is 6.07 Å². The quantitative estimate of drug-likeness (QED) is 0.364. The second-order valence-electron chi connectivity index (χ2n) is 5.69. The van der Waals surface area contributed by atoms with Crippen LogP contribution in [0.1, 0.15) is 24.8 Å². The molecule has 0 aromatic heterocycles. The molecule has 6 nitrogen and oxygen atoms in total. The van der Waals surface area contributed by atoms with Gasteiger partial charge >= 0.3 is 0 Å². The van der Waals surface area contributed by atoms with E-state index in [1.807, 2.05) is 30.3 Å². The third-order valence-electron chi connectivity index (χ3n) is 3.85. The Labute approximate surface area is 154 Å². The van der Waals surface area contributed by atoms with Crippen LogP contribution in [0, 0.1) is 5.41 Å². The maximum Gasteiger partial charge on any atom is 0.203 e. The highest BCUT2D eigenvalue weighted by molar-refractivity contribution is 5.94. The summed E-state index contributed by atoms with van der Waals surface area (Å²) >= 11 is 0. The number of nitrogens with two attached hydrogens (primary N) is 1. The molecular weight excluding hydrogens is 332 g/mol. The van der Waals surface area contributed by atoms with Gasteiger partial charge in [-0.3, -0.25) is 5.41 Å². The van der Waals surface area contributed by atoms with Crippen molar-refractivity contribution >= 4 is 5.84 Å². The van der Waals surface area contributed by atoms with Crippen LogP contribution >= 0.6 is 0 Å². The van der Waals surface area contributed by atoms with Gasteiger partial charge in [-0.2, -0.15) is 0 Å². The van der Waals surface area contributed by atoms with E-state index in [1.165, 1.54) is 0 Å². The van der Waals surface area contributed by atoms with Crippen molar-refractivity contribution in [3.8, 4) is 23.0 Å². The summed E-state index contributed by atoms with van der Waals surface area (Å²) in [6, 6.07) is 12.8. The summed E-state index contributed by atoms with van der Waals surface area (Å²) in [5.41, 5.74) is 6.12. The SMILES string of the molecule is COc1cccc(OC)c1OCCCCCOc1ccc(C(=N)N)cc1. The molecule has 140 valence electrons. The molecule has 0 bridgehead atoms. The molecule has 2 rings (SSSR count). The molecule has 0 aliphatic rings. The molecule has 0 saturated heterocycles. The number of hydrogen-bond acceptors (Lipinski definition) is 5. The van der Waals surface area contributed by atoms with E-state index < -0.39 is 0 Å². The lowest BCUT2D eigenvalue weighted by atomic mass is 10.2. The van der Waals surface area contributed by atoms with Crippen molar-refractivity contribution in [2.75, 3.05) is 27.4 Å². The molecule has 2 aromatic rings. The second-order valence-corrected chi connectivity index (χ2v) is 5.69. The monoisotopic (exact) mass is 358 g/mol. The van der Waals surface area contributed by atoms with Gasteiger partial charge in [-0.05, 0) is 55.7 Å². The number of unbranched alkanes of at least 4 members (excludes halogenated alkanes) is 2. The second kappa shape index (κ2) is 10.2. The minimum atomic E-state index is 0.0585. The minimum absolute atomic E-state index is 0.0585. The lowest BCUT2D eigenvalue weighted by Crippen LogP contribution is -2.10. The van der Waals surface area contributed by atoms with Crippen molar-refractivity contribution < 1.29 is 18.9 Å². The highest BCUT2D eigenvalue weighted by Crippen LogP contribution is 2.36. The zero-order chi connectivity index (χ0) is 18.8. The first-order valence-corrected chi connectivity index (χ1v) is 8.56. The predicted octanol–water partition coefficient (Wildman–Crippen LogP) is 3.62. The van der Waals surface area contributed by atoms with Gasteiger partial charge in [0.05, 0.1) is 27.4 Å². The van der Waals surface area contributed by atoms with E-state index in [4.69, 9.17) is 30.1 Å². The fourth-order valence-electron chi connectivity index (χ4n) is 2.44. The molecule has 3 N–H and O–H groups in total. The van der Waals surface area contributed by atoms with E-state index >= 15 is 0 Å². The number of para-hydroxylation sites is 1. The molecule has 6 heteroatoms. The summed E-state index contributed by atoms with van der Waals surface area (Å²) < 4.78 is 22.1. The Kier molecular flexibility index (Phi) is 7.61. The number of benzene rings is 2. The molecule has 0 amide bonds.